The van der Waals surface area contributed by atoms with E-state index >= 15 is 0 Å². The SMILES string of the molecule is CC#C[C@]12CC[C@H]3[C@@H]4CCC5=CC(=O)CCC5=C4[C@@H](c4ccc(N(C)CCCC(=O)N5CCN(C(C)=O)CC5C(=O)N5CCN(C(C)=O)CC5C(=O)N(C)CCCOCCOCCOCCCNc5cccc6c5C(=O)N(C5CCC(=O)NC5=O)C6=O)cc4)C[C@@]31CO2. The monoisotopic (exact) mass is 1280 g/mol. The minimum Gasteiger partial charge on any atom is -0.384 e. The predicted octanol–water partition coefficient (Wildman–Crippen LogP) is 4.50. The number of fused-ring (bicyclic) bond motifs is 4. The molecule has 4 saturated heterocycles. The minimum atomic E-state index is -1.04. The summed E-state index contributed by atoms with van der Waals surface area (Å²) in [5.74, 6) is 4.50. The number of anilines is 2. The number of hydrogen-bond acceptors (Lipinski definition) is 16. The van der Waals surface area contributed by atoms with Crippen molar-refractivity contribution in [2.45, 2.75) is 134 Å². The Labute approximate surface area is 544 Å². The number of amides is 9. The van der Waals surface area contributed by atoms with E-state index < -0.39 is 47.7 Å². The lowest BCUT2D eigenvalue weighted by Crippen LogP contribution is -2.67. The molecule has 0 radical (unpaired) electrons. The lowest BCUT2D eigenvalue weighted by Gasteiger charge is -2.61. The Morgan fingerprint density at radius 2 is 1.45 bits per heavy atom. The number of likely N-dealkylation sites (N-methyl/N-ethyl adjacent to an activating group) is 1. The van der Waals surface area contributed by atoms with Gasteiger partial charge in [-0.1, -0.05) is 29.7 Å². The van der Waals surface area contributed by atoms with Gasteiger partial charge in [-0.25, -0.2) is 0 Å². The molecule has 0 aromatic heterocycles. The average Bonchev–Trinajstić information content (AvgIpc) is 1.62. The van der Waals surface area contributed by atoms with Gasteiger partial charge in [-0.15, -0.1) is 5.92 Å². The van der Waals surface area contributed by atoms with E-state index in [1.807, 2.05) is 20.0 Å². The number of hydrogen-bond donors (Lipinski definition) is 2. The van der Waals surface area contributed by atoms with Crippen molar-refractivity contribution < 1.29 is 66.9 Å². The van der Waals surface area contributed by atoms with Gasteiger partial charge in [0.2, 0.25) is 41.4 Å². The predicted molar refractivity (Wildman–Crippen MR) is 342 cm³/mol. The van der Waals surface area contributed by atoms with Crippen LogP contribution in [-0.2, 0) is 57.3 Å². The second-order valence-electron chi connectivity index (χ2n) is 26.4. The molecule has 2 saturated carbocycles. The highest BCUT2D eigenvalue weighted by Gasteiger charge is 2.71. The number of nitrogens with zero attached hydrogens (tertiary/aromatic N) is 7. The van der Waals surface area contributed by atoms with Gasteiger partial charge < -0.3 is 53.7 Å². The maximum atomic E-state index is 14.9. The summed E-state index contributed by atoms with van der Waals surface area (Å²) < 4.78 is 23.7. The molecule has 2 aromatic rings. The van der Waals surface area contributed by atoms with Crippen LogP contribution in [0.4, 0.5) is 11.4 Å². The largest absolute Gasteiger partial charge is 0.384 e. The van der Waals surface area contributed by atoms with Crippen LogP contribution < -0.4 is 15.5 Å². The van der Waals surface area contributed by atoms with Crippen molar-refractivity contribution in [1.82, 2.24) is 34.7 Å². The van der Waals surface area contributed by atoms with E-state index in [1.165, 1.54) is 45.9 Å². The van der Waals surface area contributed by atoms with Gasteiger partial charge in [0.1, 0.15) is 23.7 Å². The zero-order valence-corrected chi connectivity index (χ0v) is 54.4. The number of carbonyl (C=O) groups is 10. The van der Waals surface area contributed by atoms with Crippen LogP contribution in [0.5, 0.6) is 0 Å². The number of allylic oxidation sites excluding steroid dienone is 4. The van der Waals surface area contributed by atoms with Gasteiger partial charge in [0.05, 0.1) is 57.3 Å². The molecule has 4 aliphatic carbocycles. The quantitative estimate of drug-likeness (QED) is 0.0834. The summed E-state index contributed by atoms with van der Waals surface area (Å²) in [5, 5.41) is 5.41. The zero-order valence-electron chi connectivity index (χ0n) is 54.4. The molecule has 23 heteroatoms. The minimum absolute atomic E-state index is 0.00876. The van der Waals surface area contributed by atoms with Crippen LogP contribution in [0.1, 0.15) is 136 Å². The fraction of sp³-hybridized carbons (Fsp3) is 0.600. The van der Waals surface area contributed by atoms with Crippen molar-refractivity contribution in [3.63, 3.8) is 0 Å². The first kappa shape index (κ1) is 66.7. The van der Waals surface area contributed by atoms with E-state index in [9.17, 15) is 47.9 Å². The summed E-state index contributed by atoms with van der Waals surface area (Å²) in [4.78, 5) is 143. The highest BCUT2D eigenvalue weighted by molar-refractivity contribution is 6.25. The van der Waals surface area contributed by atoms with Crippen molar-refractivity contribution in [2.24, 2.45) is 17.3 Å². The molecule has 6 fully saturated rings. The number of ketones is 1. The third-order valence-electron chi connectivity index (χ3n) is 21.1. The summed E-state index contributed by atoms with van der Waals surface area (Å²) in [5.41, 5.74) is 6.97. The lowest BCUT2D eigenvalue weighted by molar-refractivity contribution is -0.245. The van der Waals surface area contributed by atoms with E-state index in [0.717, 1.165) is 55.7 Å². The number of ether oxygens (including phenoxy) is 4. The number of rotatable bonds is 24. The van der Waals surface area contributed by atoms with Crippen molar-refractivity contribution in [3.8, 4) is 11.8 Å². The molecule has 2 N–H and O–H groups in total. The molecular weight excluding hydrogens is 1190 g/mol. The van der Waals surface area contributed by atoms with Crippen molar-refractivity contribution >= 4 is 70.3 Å². The fourth-order valence-corrected chi connectivity index (χ4v) is 16.2. The number of benzene rings is 2. The third-order valence-corrected chi connectivity index (χ3v) is 21.1. The number of piperidine rings is 1. The van der Waals surface area contributed by atoms with Gasteiger partial charge in [0, 0.05) is 129 Å². The van der Waals surface area contributed by atoms with Crippen molar-refractivity contribution in [1.29, 1.82) is 0 Å². The Morgan fingerprint density at radius 3 is 2.14 bits per heavy atom. The van der Waals surface area contributed by atoms with Crippen LogP contribution in [0.15, 0.2) is 65.3 Å². The molecule has 3 unspecified atom stereocenters. The van der Waals surface area contributed by atoms with Crippen LogP contribution in [-0.4, -0.2) is 231 Å². The number of imide groups is 2. The van der Waals surface area contributed by atoms with Crippen molar-refractivity contribution in [3.05, 3.63) is 82.0 Å². The van der Waals surface area contributed by atoms with Crippen LogP contribution in [0, 0.1) is 29.1 Å². The highest BCUT2D eigenvalue weighted by atomic mass is 16.5. The summed E-state index contributed by atoms with van der Waals surface area (Å²) in [6.45, 7) is 9.60. The first-order chi connectivity index (χ1) is 44.8. The second kappa shape index (κ2) is 28.8. The summed E-state index contributed by atoms with van der Waals surface area (Å²) >= 11 is 0. The molecule has 5 heterocycles. The Hall–Kier alpha value is -7.78. The Bertz CT molecular complexity index is 3410. The molecule has 8 atom stereocenters. The number of nitrogens with one attached hydrogen (secondary N) is 2. The molecule has 9 aliphatic rings. The van der Waals surface area contributed by atoms with Crippen molar-refractivity contribution in [2.75, 3.05) is 129 Å². The Morgan fingerprint density at radius 1 is 0.753 bits per heavy atom. The normalized spacial score (nSPS) is 26.4. The first-order valence-electron chi connectivity index (χ1n) is 33.4. The van der Waals surface area contributed by atoms with E-state index in [2.05, 4.69) is 51.6 Å². The van der Waals surface area contributed by atoms with Gasteiger partial charge >= 0.3 is 0 Å². The molecule has 0 bridgehead atoms. The summed E-state index contributed by atoms with van der Waals surface area (Å²) in [6.07, 6.45) is 10.2. The molecule has 93 heavy (non-hydrogen) atoms. The van der Waals surface area contributed by atoms with Crippen LogP contribution in [0.2, 0.25) is 0 Å². The summed E-state index contributed by atoms with van der Waals surface area (Å²) in [7, 11) is 3.67. The highest BCUT2D eigenvalue weighted by Crippen LogP contribution is 2.71. The van der Waals surface area contributed by atoms with E-state index in [-0.39, 0.29) is 116 Å². The summed E-state index contributed by atoms with van der Waals surface area (Å²) in [6, 6.07) is 10.7. The van der Waals surface area contributed by atoms with Gasteiger partial charge in [0.15, 0.2) is 5.78 Å². The lowest BCUT2D eigenvalue weighted by atomic mass is 9.49. The molecule has 23 nitrogen and oxygen atoms in total. The Kier molecular flexibility index (Phi) is 20.7. The van der Waals surface area contributed by atoms with Crippen LogP contribution in [0.25, 0.3) is 0 Å². The molecule has 9 amide bonds. The van der Waals surface area contributed by atoms with Gasteiger partial charge in [-0.2, -0.15) is 0 Å². The van der Waals surface area contributed by atoms with Crippen LogP contribution >= 0.6 is 0 Å². The molecular formula is C70H89N9O14. The second-order valence-corrected chi connectivity index (χ2v) is 26.4. The standard InChI is InChI=1S/C70H89N9O14/c1-6-25-70-26-24-55-52-20-16-48-40-50(82)19-21-51(48)62(52)54(41-69(55,70)44-93-70)47-14-17-49(18-15-47)73(4)28-8-13-61(84)77-32-30-75(45(2)80)43-59(77)67(88)78-33-31-76(46(3)81)42-58(78)66(87)74(5)29-10-35-91-37-39-92-38-36-90-34-9-27-71-56-12-7-11-53-63(56)68(89)79(65(53)86)57-22-23-60(83)72-64(57)85/h7,11-12,14-15,17-18,40,52,54-55,57-59,71H,8-10,13,16,19-24,26-39,41-44H2,1-5H3,(H,72,83,85)/t52-,54+,55-,57?,58?,59?,69+,70-/m0/s1. The maximum Gasteiger partial charge on any atom is 0.264 e. The third kappa shape index (κ3) is 13.5. The Balaban J connectivity index is 0.619. The fourth-order valence-electron chi connectivity index (χ4n) is 16.2. The van der Waals surface area contributed by atoms with Gasteiger partial charge in [-0.3, -0.25) is 58.2 Å². The van der Waals surface area contributed by atoms with E-state index in [4.69, 9.17) is 18.9 Å². The van der Waals surface area contributed by atoms with Gasteiger partial charge in [-0.05, 0) is 130 Å². The maximum absolute atomic E-state index is 14.9. The molecule has 1 spiro atoms. The first-order valence-corrected chi connectivity index (χ1v) is 33.4. The average molecular weight is 1280 g/mol. The molecule has 498 valence electrons. The number of carbonyl (C=O) groups excluding carboxylic acids is 10. The smallest absolute Gasteiger partial charge is 0.264 e. The topological polar surface area (TPSA) is 254 Å². The molecule has 11 rings (SSSR count). The van der Waals surface area contributed by atoms with Gasteiger partial charge in [0.25, 0.3) is 11.8 Å². The van der Waals surface area contributed by atoms with E-state index in [1.54, 1.807) is 39.9 Å². The molecule has 2 aromatic carbocycles. The number of piperazine rings is 2. The zero-order chi connectivity index (χ0) is 65.7. The molecule has 5 aliphatic heterocycles. The van der Waals surface area contributed by atoms with E-state index in [0.29, 0.717) is 102 Å². The van der Waals surface area contributed by atoms with Crippen LogP contribution in [0.3, 0.4) is 0 Å².